The Hall–Kier alpha value is -0.830. The maximum Gasteiger partial charge on any atom is 0.289 e. The summed E-state index contributed by atoms with van der Waals surface area (Å²) in [5.74, 6) is 1.78. The number of hydrogen-bond donors (Lipinski definition) is 2. The van der Waals surface area contributed by atoms with Crippen LogP contribution in [0.3, 0.4) is 0 Å². The molecule has 0 aliphatic carbocycles. The summed E-state index contributed by atoms with van der Waals surface area (Å²) in [5.41, 5.74) is 0.929. The van der Waals surface area contributed by atoms with Gasteiger partial charge in [-0.2, -0.15) is 0 Å². The van der Waals surface area contributed by atoms with E-state index in [9.17, 15) is 0 Å². The van der Waals surface area contributed by atoms with Crippen molar-refractivity contribution >= 4 is 11.7 Å². The molecule has 15 heavy (non-hydrogen) atoms. The predicted octanol–water partition coefficient (Wildman–Crippen LogP) is -4.36. The minimum Gasteiger partial charge on any atom is -1.00 e. The number of nitrogens with one attached hydrogen (secondary N) is 2. The Morgan fingerprint density at radius 2 is 2.40 bits per heavy atom. The molecule has 84 valence electrons. The van der Waals surface area contributed by atoms with Crippen LogP contribution in [0, 0.1) is 0 Å². The third-order valence-electron chi connectivity index (χ3n) is 2.28. The first kappa shape index (κ1) is 12.2. The summed E-state index contributed by atoms with van der Waals surface area (Å²) >= 11 is 0. The van der Waals surface area contributed by atoms with Gasteiger partial charge in [-0.15, -0.1) is 0 Å². The van der Waals surface area contributed by atoms with Crippen LogP contribution in [0.15, 0.2) is 11.5 Å². The molecule has 1 aliphatic heterocycles. The first-order valence-electron chi connectivity index (χ1n) is 4.43. The molecule has 1 aromatic rings. The van der Waals surface area contributed by atoms with E-state index in [1.807, 2.05) is 14.1 Å². The Morgan fingerprint density at radius 3 is 3.07 bits per heavy atom. The van der Waals surface area contributed by atoms with Gasteiger partial charge in [-0.05, 0) is 5.16 Å². The molecule has 0 saturated carbocycles. The molecule has 1 atom stereocenters. The lowest BCUT2D eigenvalue weighted by Crippen LogP contribution is -3.14. The highest BCUT2D eigenvalue weighted by molar-refractivity contribution is 5.95. The lowest BCUT2D eigenvalue weighted by atomic mass is 10.3. The van der Waals surface area contributed by atoms with Crippen molar-refractivity contribution in [1.29, 1.82) is 0 Å². The first-order chi connectivity index (χ1) is 6.74. The lowest BCUT2D eigenvalue weighted by Gasteiger charge is -2.27. The molecule has 0 radical (unpaired) electrons. The van der Waals surface area contributed by atoms with E-state index in [-0.39, 0.29) is 24.0 Å². The largest absolute Gasteiger partial charge is 1.00 e. The highest BCUT2D eigenvalue weighted by Crippen LogP contribution is 2.14. The van der Waals surface area contributed by atoms with Gasteiger partial charge in [0.2, 0.25) is 0 Å². The molecular weight excluding hydrogens is 309 g/mol. The number of nitrogens with zero attached hydrogens (tertiary/aromatic N) is 3. The Morgan fingerprint density at radius 1 is 1.67 bits per heavy atom. The fourth-order valence-electron chi connectivity index (χ4n) is 1.68. The molecule has 0 amide bonds. The smallest absolute Gasteiger partial charge is 0.289 e. The number of aromatic nitrogens is 2. The van der Waals surface area contributed by atoms with Crippen molar-refractivity contribution in [3.63, 3.8) is 0 Å². The molecule has 0 fully saturated rings. The first-order valence-corrected chi connectivity index (χ1v) is 4.43. The van der Waals surface area contributed by atoms with Crippen LogP contribution in [-0.4, -0.2) is 43.7 Å². The van der Waals surface area contributed by atoms with Gasteiger partial charge in [-0.3, -0.25) is 4.90 Å². The number of rotatable bonds is 1. The second-order valence-corrected chi connectivity index (χ2v) is 3.36. The molecule has 2 heterocycles. The molecule has 1 unspecified atom stereocenters. The van der Waals surface area contributed by atoms with Crippen molar-refractivity contribution < 1.29 is 33.7 Å². The van der Waals surface area contributed by atoms with Gasteiger partial charge in [0.05, 0.1) is 13.4 Å². The topological polar surface area (TPSA) is 57.9 Å². The van der Waals surface area contributed by atoms with Crippen LogP contribution in [0.1, 0.15) is 5.69 Å². The number of oxime groups is 1. The SMILES string of the molecule is CO/N=C1\c2[nH]cnc2N(C)C[NH+]1C.[I-]. The van der Waals surface area contributed by atoms with Crippen molar-refractivity contribution in [3.8, 4) is 0 Å². The van der Waals surface area contributed by atoms with E-state index in [0.717, 1.165) is 24.0 Å². The van der Waals surface area contributed by atoms with Gasteiger partial charge < -0.3 is 38.7 Å². The molecule has 7 heteroatoms. The van der Waals surface area contributed by atoms with Gasteiger partial charge in [0.15, 0.2) is 18.2 Å². The summed E-state index contributed by atoms with van der Waals surface area (Å²) in [4.78, 5) is 15.4. The van der Waals surface area contributed by atoms with Crippen molar-refractivity contribution in [3.05, 3.63) is 12.0 Å². The van der Waals surface area contributed by atoms with Gasteiger partial charge in [-0.25, -0.2) is 4.98 Å². The number of H-pyrrole nitrogens is 1. The number of fused-ring (bicyclic) bond motifs is 1. The normalized spacial score (nSPS) is 22.2. The quantitative estimate of drug-likeness (QED) is 0.406. The van der Waals surface area contributed by atoms with Gasteiger partial charge in [0.1, 0.15) is 7.11 Å². The summed E-state index contributed by atoms with van der Waals surface area (Å²) in [5, 5.41) is 3.99. The Labute approximate surface area is 105 Å². The molecule has 0 saturated heterocycles. The zero-order valence-corrected chi connectivity index (χ0v) is 11.1. The summed E-state index contributed by atoms with van der Waals surface area (Å²) in [6.45, 7) is 0.833. The lowest BCUT2D eigenvalue weighted by molar-refractivity contribution is -0.783. The minimum absolute atomic E-state index is 0. The number of imidazole rings is 1. The monoisotopic (exact) mass is 323 g/mol. The summed E-state index contributed by atoms with van der Waals surface area (Å²) in [6.07, 6.45) is 1.67. The fourth-order valence-corrected chi connectivity index (χ4v) is 1.68. The van der Waals surface area contributed by atoms with Gasteiger partial charge in [-0.1, -0.05) is 0 Å². The van der Waals surface area contributed by atoms with E-state index in [1.54, 1.807) is 13.4 Å². The van der Waals surface area contributed by atoms with Crippen LogP contribution in [0.5, 0.6) is 0 Å². The highest BCUT2D eigenvalue weighted by atomic mass is 127. The van der Waals surface area contributed by atoms with Crippen LogP contribution in [0.4, 0.5) is 5.82 Å². The zero-order valence-electron chi connectivity index (χ0n) is 8.91. The van der Waals surface area contributed by atoms with E-state index in [0.29, 0.717) is 0 Å². The third kappa shape index (κ3) is 2.07. The molecule has 2 rings (SSSR count). The Kier molecular flexibility index (Phi) is 3.91. The third-order valence-corrected chi connectivity index (χ3v) is 2.28. The molecular formula is C8H14IN5O. The number of amidine groups is 1. The van der Waals surface area contributed by atoms with Crippen molar-refractivity contribution in [2.24, 2.45) is 5.16 Å². The van der Waals surface area contributed by atoms with Gasteiger partial charge in [0, 0.05) is 7.05 Å². The Bertz CT molecular complexity index is 364. The number of quaternary nitrogens is 1. The second-order valence-electron chi connectivity index (χ2n) is 3.36. The van der Waals surface area contributed by atoms with E-state index >= 15 is 0 Å². The maximum atomic E-state index is 4.81. The predicted molar refractivity (Wildman–Crippen MR) is 52.3 cm³/mol. The number of halogens is 1. The van der Waals surface area contributed by atoms with Crippen LogP contribution in [-0.2, 0) is 4.84 Å². The average molecular weight is 323 g/mol. The van der Waals surface area contributed by atoms with Crippen LogP contribution in [0.2, 0.25) is 0 Å². The molecule has 1 aromatic heterocycles. The fraction of sp³-hybridized carbons (Fsp3) is 0.500. The maximum absolute atomic E-state index is 4.81. The summed E-state index contributed by atoms with van der Waals surface area (Å²) in [7, 11) is 5.60. The van der Waals surface area contributed by atoms with Crippen LogP contribution >= 0.6 is 0 Å². The van der Waals surface area contributed by atoms with E-state index in [2.05, 4.69) is 20.0 Å². The standard InChI is InChI=1S/C8H13N5O.HI/c1-12-5-13(2)8(11-14-3)6-7(12)10-4-9-6;/h4H,5H2,1-3H3,(H,9,10);1H/b11-8+;. The van der Waals surface area contributed by atoms with Gasteiger partial charge >= 0.3 is 0 Å². The summed E-state index contributed by atoms with van der Waals surface area (Å²) < 4.78 is 0. The summed E-state index contributed by atoms with van der Waals surface area (Å²) in [6, 6.07) is 0. The molecule has 0 aromatic carbocycles. The molecule has 1 aliphatic rings. The van der Waals surface area contributed by atoms with Crippen molar-refractivity contribution in [2.45, 2.75) is 0 Å². The Balaban J connectivity index is 0.00000112. The van der Waals surface area contributed by atoms with E-state index < -0.39 is 0 Å². The van der Waals surface area contributed by atoms with Crippen LogP contribution in [0.25, 0.3) is 0 Å². The number of aromatic amines is 1. The average Bonchev–Trinajstić information content (AvgIpc) is 2.60. The molecule has 6 nitrogen and oxygen atoms in total. The van der Waals surface area contributed by atoms with Gasteiger partial charge in [0.25, 0.3) is 5.84 Å². The van der Waals surface area contributed by atoms with Crippen molar-refractivity contribution in [2.75, 3.05) is 32.8 Å². The molecule has 0 spiro atoms. The minimum atomic E-state index is 0. The van der Waals surface area contributed by atoms with E-state index in [4.69, 9.17) is 4.84 Å². The number of hydrogen-bond acceptors (Lipinski definition) is 4. The second kappa shape index (κ2) is 4.79. The van der Waals surface area contributed by atoms with E-state index in [1.165, 1.54) is 4.90 Å². The van der Waals surface area contributed by atoms with Crippen LogP contribution < -0.4 is 33.8 Å². The van der Waals surface area contributed by atoms with Crippen molar-refractivity contribution in [1.82, 2.24) is 9.97 Å². The number of anilines is 1. The molecule has 2 N–H and O–H groups in total. The highest BCUT2D eigenvalue weighted by Gasteiger charge is 2.30. The molecule has 0 bridgehead atoms. The zero-order chi connectivity index (χ0) is 10.1.